The van der Waals surface area contributed by atoms with Crippen LogP contribution < -0.4 is 10.5 Å². The van der Waals surface area contributed by atoms with E-state index in [4.69, 9.17) is 10.5 Å². The normalized spacial score (nSPS) is 15.4. The Balaban J connectivity index is 2.00. The highest BCUT2D eigenvalue weighted by Crippen LogP contribution is 2.28. The van der Waals surface area contributed by atoms with Gasteiger partial charge in [0.1, 0.15) is 4.90 Å². The van der Waals surface area contributed by atoms with Crippen LogP contribution in [0.1, 0.15) is 11.1 Å². The van der Waals surface area contributed by atoms with Gasteiger partial charge in [-0.1, -0.05) is 18.2 Å². The van der Waals surface area contributed by atoms with Crippen LogP contribution in [0.4, 0.5) is 4.39 Å². The van der Waals surface area contributed by atoms with Crippen LogP contribution in [0.15, 0.2) is 51.8 Å². The number of nitrogens with two attached hydrogens (primary N) is 1. The summed E-state index contributed by atoms with van der Waals surface area (Å²) in [7, 11) is -3.78. The molecule has 0 unspecified atom stereocenters. The maximum Gasteiger partial charge on any atom is 0.286 e. The number of nitrogens with zero attached hydrogens (tertiary/aromatic N) is 1. The molecule has 1 aliphatic rings. The maximum atomic E-state index is 13.9. The van der Waals surface area contributed by atoms with Crippen molar-refractivity contribution < 1.29 is 17.5 Å². The first-order chi connectivity index (χ1) is 10.0. The predicted molar refractivity (Wildman–Crippen MR) is 75.1 cm³/mol. The number of rotatable bonds is 2. The quantitative estimate of drug-likeness (QED) is 0.917. The van der Waals surface area contributed by atoms with E-state index in [-0.39, 0.29) is 23.1 Å². The highest BCUT2D eigenvalue weighted by Gasteiger charge is 2.30. The Labute approximate surface area is 120 Å². The molecule has 5 nitrogen and oxygen atoms in total. The van der Waals surface area contributed by atoms with Crippen molar-refractivity contribution in [2.24, 2.45) is 10.1 Å². The first-order valence-corrected chi connectivity index (χ1v) is 7.56. The molecule has 0 aliphatic carbocycles. The molecule has 0 amide bonds. The molecule has 0 saturated heterocycles. The molecular weight excluding hydrogens is 295 g/mol. The predicted octanol–water partition coefficient (Wildman–Crippen LogP) is 1.81. The average Bonchev–Trinajstić information content (AvgIpc) is 2.73. The van der Waals surface area contributed by atoms with Gasteiger partial charge in [-0.25, -0.2) is 4.39 Å². The van der Waals surface area contributed by atoms with Crippen molar-refractivity contribution >= 4 is 15.9 Å². The molecule has 0 saturated carbocycles. The monoisotopic (exact) mass is 306 g/mol. The molecule has 7 heteroatoms. The minimum atomic E-state index is -3.78. The Morgan fingerprint density at radius 3 is 2.67 bits per heavy atom. The third kappa shape index (κ3) is 2.41. The van der Waals surface area contributed by atoms with Gasteiger partial charge in [0.05, 0.1) is 5.56 Å². The third-order valence-corrected chi connectivity index (χ3v) is 4.36. The van der Waals surface area contributed by atoms with Gasteiger partial charge in [-0.15, -0.1) is 4.40 Å². The van der Waals surface area contributed by atoms with Gasteiger partial charge >= 0.3 is 0 Å². The Bertz CT molecular complexity index is 847. The van der Waals surface area contributed by atoms with Crippen LogP contribution in [0.25, 0.3) is 0 Å². The zero-order valence-electron chi connectivity index (χ0n) is 10.8. The Kier molecular flexibility index (Phi) is 3.23. The van der Waals surface area contributed by atoms with E-state index in [0.29, 0.717) is 11.1 Å². The first kappa shape index (κ1) is 13.7. The molecule has 3 rings (SSSR count). The SMILES string of the molecule is NCc1ccc(OC2=NS(=O)(=O)c3ccccc32)c(F)c1. The maximum absolute atomic E-state index is 13.9. The smallest absolute Gasteiger partial charge is 0.286 e. The first-order valence-electron chi connectivity index (χ1n) is 6.12. The Morgan fingerprint density at radius 2 is 1.95 bits per heavy atom. The fourth-order valence-electron chi connectivity index (χ4n) is 2.01. The van der Waals surface area contributed by atoms with Crippen LogP contribution in [0, 0.1) is 5.82 Å². The molecule has 0 bridgehead atoms. The third-order valence-electron chi connectivity index (χ3n) is 3.04. The highest BCUT2D eigenvalue weighted by atomic mass is 32.2. The van der Waals surface area contributed by atoms with E-state index in [1.807, 2.05) is 0 Å². The van der Waals surface area contributed by atoms with Crippen LogP contribution in [0.3, 0.4) is 0 Å². The summed E-state index contributed by atoms with van der Waals surface area (Å²) in [6.45, 7) is 0.204. The Morgan fingerprint density at radius 1 is 1.19 bits per heavy atom. The zero-order chi connectivity index (χ0) is 15.0. The van der Waals surface area contributed by atoms with Crippen LogP contribution in [-0.2, 0) is 16.6 Å². The number of hydrogen-bond donors (Lipinski definition) is 1. The van der Waals surface area contributed by atoms with E-state index >= 15 is 0 Å². The van der Waals surface area contributed by atoms with Crippen molar-refractivity contribution in [2.75, 3.05) is 0 Å². The van der Waals surface area contributed by atoms with Crippen molar-refractivity contribution in [1.82, 2.24) is 0 Å². The minimum absolute atomic E-state index is 0.0546. The highest BCUT2D eigenvalue weighted by molar-refractivity contribution is 7.90. The average molecular weight is 306 g/mol. The molecule has 0 spiro atoms. The number of halogens is 1. The fraction of sp³-hybridized carbons (Fsp3) is 0.0714. The lowest BCUT2D eigenvalue weighted by molar-refractivity contribution is 0.492. The van der Waals surface area contributed by atoms with Crippen LogP contribution >= 0.6 is 0 Å². The van der Waals surface area contributed by atoms with E-state index in [2.05, 4.69) is 4.40 Å². The fourth-order valence-corrected chi connectivity index (χ4v) is 3.14. The molecule has 2 aromatic carbocycles. The molecule has 0 aromatic heterocycles. The lowest BCUT2D eigenvalue weighted by Gasteiger charge is -2.07. The summed E-state index contributed by atoms with van der Waals surface area (Å²) in [5.74, 6) is -0.856. The summed E-state index contributed by atoms with van der Waals surface area (Å²) in [6.07, 6.45) is 0. The van der Waals surface area contributed by atoms with Crippen molar-refractivity contribution in [2.45, 2.75) is 11.4 Å². The number of fused-ring (bicyclic) bond motifs is 1. The van der Waals surface area contributed by atoms with Crippen LogP contribution in [0.5, 0.6) is 5.75 Å². The lowest BCUT2D eigenvalue weighted by atomic mass is 10.2. The standard InChI is InChI=1S/C14H11FN2O3S/c15-11-7-9(8-16)5-6-12(11)20-14-10-3-1-2-4-13(10)21(18,19)17-14/h1-7H,8,16H2. The van der Waals surface area contributed by atoms with Gasteiger partial charge in [0.15, 0.2) is 11.6 Å². The molecule has 2 N–H and O–H groups in total. The Hall–Kier alpha value is -2.25. The largest absolute Gasteiger partial charge is 0.435 e. The number of hydrogen-bond acceptors (Lipinski definition) is 4. The van der Waals surface area contributed by atoms with Gasteiger partial charge in [-0.05, 0) is 29.8 Å². The molecular formula is C14H11FN2O3S. The second kappa shape index (κ2) is 4.94. The lowest BCUT2D eigenvalue weighted by Crippen LogP contribution is -2.09. The summed E-state index contributed by atoms with van der Waals surface area (Å²) >= 11 is 0. The van der Waals surface area contributed by atoms with Gasteiger partial charge in [-0.2, -0.15) is 8.42 Å². The summed E-state index contributed by atoms with van der Waals surface area (Å²) in [5.41, 5.74) is 6.35. The van der Waals surface area contributed by atoms with Crippen molar-refractivity contribution in [3.63, 3.8) is 0 Å². The summed E-state index contributed by atoms with van der Waals surface area (Å²) in [4.78, 5) is 0.0546. The van der Waals surface area contributed by atoms with Crippen molar-refractivity contribution in [3.8, 4) is 5.75 Å². The van der Waals surface area contributed by atoms with Crippen LogP contribution in [-0.4, -0.2) is 14.3 Å². The molecule has 108 valence electrons. The number of sulfonamides is 1. The van der Waals surface area contributed by atoms with Crippen LogP contribution in [0.2, 0.25) is 0 Å². The molecule has 0 radical (unpaired) electrons. The molecule has 21 heavy (non-hydrogen) atoms. The van der Waals surface area contributed by atoms with Gasteiger partial charge in [0.25, 0.3) is 10.0 Å². The van der Waals surface area contributed by atoms with Gasteiger partial charge in [0.2, 0.25) is 5.90 Å². The molecule has 0 fully saturated rings. The van der Waals surface area contributed by atoms with Gasteiger partial charge < -0.3 is 10.5 Å². The van der Waals surface area contributed by atoms with E-state index in [0.717, 1.165) is 0 Å². The molecule has 2 aromatic rings. The van der Waals surface area contributed by atoms with E-state index in [1.54, 1.807) is 24.3 Å². The topological polar surface area (TPSA) is 81.8 Å². The van der Waals surface area contributed by atoms with Gasteiger partial charge in [0, 0.05) is 6.54 Å². The van der Waals surface area contributed by atoms with E-state index in [9.17, 15) is 12.8 Å². The minimum Gasteiger partial charge on any atom is -0.435 e. The summed E-state index contributed by atoms with van der Waals surface area (Å²) < 4.78 is 46.5. The zero-order valence-corrected chi connectivity index (χ0v) is 11.6. The summed E-state index contributed by atoms with van der Waals surface area (Å²) in [6, 6.07) is 10.5. The second-order valence-corrected chi connectivity index (χ2v) is 6.01. The molecule has 0 atom stereocenters. The summed E-state index contributed by atoms with van der Waals surface area (Å²) in [5, 5.41) is 0. The van der Waals surface area contributed by atoms with Gasteiger partial charge in [-0.3, -0.25) is 0 Å². The molecule has 1 aliphatic heterocycles. The molecule has 1 heterocycles. The second-order valence-electron chi connectivity index (χ2n) is 4.44. The van der Waals surface area contributed by atoms with Crippen molar-refractivity contribution in [3.05, 3.63) is 59.4 Å². The number of benzene rings is 2. The van der Waals surface area contributed by atoms with Crippen molar-refractivity contribution in [1.29, 1.82) is 0 Å². The number of ether oxygens (including phenoxy) is 1. The van der Waals surface area contributed by atoms with E-state index < -0.39 is 15.8 Å². The van der Waals surface area contributed by atoms with E-state index in [1.165, 1.54) is 18.2 Å².